The van der Waals surface area contributed by atoms with Gasteiger partial charge in [0.15, 0.2) is 17.0 Å². The van der Waals surface area contributed by atoms with Gasteiger partial charge in [0.1, 0.15) is 0 Å². The van der Waals surface area contributed by atoms with E-state index >= 15 is 0 Å². The minimum atomic E-state index is -4.73. The molecule has 0 bridgehead atoms. The molecule has 2 aromatic carbocycles. The number of rotatable bonds is 3. The van der Waals surface area contributed by atoms with Gasteiger partial charge in [0.2, 0.25) is 0 Å². The van der Waals surface area contributed by atoms with Crippen LogP contribution in [0.3, 0.4) is 0 Å². The Bertz CT molecular complexity index is 1310. The van der Waals surface area contributed by atoms with Gasteiger partial charge >= 0.3 is 6.18 Å². The zero-order valence-corrected chi connectivity index (χ0v) is 18.3. The zero-order chi connectivity index (χ0) is 22.3. The Balaban J connectivity index is 1.83. The van der Waals surface area contributed by atoms with Crippen molar-refractivity contribution in [3.8, 4) is 11.3 Å². The van der Waals surface area contributed by atoms with Gasteiger partial charge in [-0.25, -0.2) is 9.50 Å². The standard InChI is InChI=1S/C20H10BrCl2F3N4O/c21-16-17(19(31)27-11-6-7-12(22)13(23)8-11)29-30-15(20(24,25)26)9-14(28-18(16)30)10-4-2-1-3-5-10/h1-9H,(H,27,31). The number of carbonyl (C=O) groups is 1. The van der Waals surface area contributed by atoms with Crippen molar-refractivity contribution in [2.75, 3.05) is 5.32 Å². The lowest BCUT2D eigenvalue weighted by Gasteiger charge is -2.11. The topological polar surface area (TPSA) is 59.3 Å². The molecule has 2 heterocycles. The number of anilines is 1. The molecule has 4 rings (SSSR count). The average molecular weight is 530 g/mol. The number of amides is 1. The molecule has 2 aromatic heterocycles. The lowest BCUT2D eigenvalue weighted by Crippen LogP contribution is -2.15. The first kappa shape index (κ1) is 21.6. The Morgan fingerprint density at radius 3 is 2.39 bits per heavy atom. The van der Waals surface area contributed by atoms with Gasteiger partial charge in [-0.1, -0.05) is 53.5 Å². The highest BCUT2D eigenvalue weighted by molar-refractivity contribution is 9.10. The molecule has 0 aliphatic carbocycles. The van der Waals surface area contributed by atoms with Gasteiger partial charge in [0, 0.05) is 11.3 Å². The largest absolute Gasteiger partial charge is 0.433 e. The molecular formula is C20H10BrCl2F3N4O. The maximum absolute atomic E-state index is 13.8. The minimum absolute atomic E-state index is 0.0216. The van der Waals surface area contributed by atoms with Gasteiger partial charge in [-0.2, -0.15) is 18.3 Å². The van der Waals surface area contributed by atoms with Crippen LogP contribution in [0.25, 0.3) is 16.9 Å². The van der Waals surface area contributed by atoms with Crippen LogP contribution in [0.1, 0.15) is 16.2 Å². The summed E-state index contributed by atoms with van der Waals surface area (Å²) in [6.07, 6.45) is -4.73. The van der Waals surface area contributed by atoms with Gasteiger partial charge in [0.05, 0.1) is 20.2 Å². The second-order valence-corrected chi connectivity index (χ2v) is 7.98. The summed E-state index contributed by atoms with van der Waals surface area (Å²) < 4.78 is 41.9. The van der Waals surface area contributed by atoms with Gasteiger partial charge in [-0.05, 0) is 40.2 Å². The molecule has 11 heteroatoms. The molecule has 0 saturated heterocycles. The molecule has 0 fully saturated rings. The second kappa shape index (κ2) is 8.14. The number of alkyl halides is 3. The van der Waals surface area contributed by atoms with Crippen molar-refractivity contribution < 1.29 is 18.0 Å². The van der Waals surface area contributed by atoms with Crippen LogP contribution in [-0.4, -0.2) is 20.5 Å². The summed E-state index contributed by atoms with van der Waals surface area (Å²) in [5, 5.41) is 6.90. The van der Waals surface area contributed by atoms with Gasteiger partial charge in [-0.3, -0.25) is 4.79 Å². The van der Waals surface area contributed by atoms with E-state index < -0.39 is 17.8 Å². The van der Waals surface area contributed by atoms with Crippen molar-refractivity contribution >= 4 is 56.4 Å². The van der Waals surface area contributed by atoms with Crippen LogP contribution in [-0.2, 0) is 6.18 Å². The number of benzene rings is 2. The minimum Gasteiger partial charge on any atom is -0.321 e. The van der Waals surface area contributed by atoms with E-state index in [9.17, 15) is 18.0 Å². The molecule has 1 N–H and O–H groups in total. The lowest BCUT2D eigenvalue weighted by molar-refractivity contribution is -0.142. The summed E-state index contributed by atoms with van der Waals surface area (Å²) in [6.45, 7) is 0. The average Bonchev–Trinajstić information content (AvgIpc) is 3.06. The first-order valence-corrected chi connectivity index (χ1v) is 10.2. The fourth-order valence-electron chi connectivity index (χ4n) is 2.86. The van der Waals surface area contributed by atoms with E-state index in [2.05, 4.69) is 31.3 Å². The van der Waals surface area contributed by atoms with E-state index in [4.69, 9.17) is 23.2 Å². The summed E-state index contributed by atoms with van der Waals surface area (Å²) in [4.78, 5) is 17.0. The summed E-state index contributed by atoms with van der Waals surface area (Å²) in [5.74, 6) is -0.745. The lowest BCUT2D eigenvalue weighted by atomic mass is 10.1. The molecule has 0 unspecified atom stereocenters. The number of hydrogen-bond donors (Lipinski definition) is 1. The van der Waals surface area contributed by atoms with Gasteiger partial charge < -0.3 is 5.32 Å². The van der Waals surface area contributed by atoms with Crippen LogP contribution in [0.15, 0.2) is 59.1 Å². The van der Waals surface area contributed by atoms with E-state index in [0.29, 0.717) is 20.8 Å². The van der Waals surface area contributed by atoms with Crippen molar-refractivity contribution in [3.63, 3.8) is 0 Å². The van der Waals surface area contributed by atoms with Crippen molar-refractivity contribution in [1.29, 1.82) is 0 Å². The van der Waals surface area contributed by atoms with Crippen LogP contribution in [0.5, 0.6) is 0 Å². The number of hydrogen-bond acceptors (Lipinski definition) is 3. The summed E-state index contributed by atoms with van der Waals surface area (Å²) >= 11 is 15.0. The molecule has 0 atom stereocenters. The molecule has 1 amide bonds. The van der Waals surface area contributed by atoms with E-state index in [-0.39, 0.29) is 26.5 Å². The molecule has 0 spiro atoms. The molecule has 0 radical (unpaired) electrons. The van der Waals surface area contributed by atoms with Crippen LogP contribution >= 0.6 is 39.1 Å². The highest BCUT2D eigenvalue weighted by atomic mass is 79.9. The summed E-state index contributed by atoms with van der Waals surface area (Å²) in [7, 11) is 0. The number of aromatic nitrogens is 3. The maximum Gasteiger partial charge on any atom is 0.433 e. The van der Waals surface area contributed by atoms with Crippen molar-refractivity contribution in [2.24, 2.45) is 0 Å². The van der Waals surface area contributed by atoms with Crippen molar-refractivity contribution in [3.05, 3.63) is 80.5 Å². The first-order chi connectivity index (χ1) is 14.6. The highest BCUT2D eigenvalue weighted by Gasteiger charge is 2.36. The van der Waals surface area contributed by atoms with E-state index in [0.717, 1.165) is 6.07 Å². The quantitative estimate of drug-likeness (QED) is 0.320. The maximum atomic E-state index is 13.8. The molecule has 31 heavy (non-hydrogen) atoms. The molecule has 4 aromatic rings. The third-order valence-corrected chi connectivity index (χ3v) is 5.75. The Morgan fingerprint density at radius 2 is 1.74 bits per heavy atom. The second-order valence-electron chi connectivity index (χ2n) is 6.37. The monoisotopic (exact) mass is 528 g/mol. The summed E-state index contributed by atoms with van der Waals surface area (Å²) in [6, 6.07) is 13.7. The van der Waals surface area contributed by atoms with Crippen LogP contribution in [0, 0.1) is 0 Å². The van der Waals surface area contributed by atoms with Crippen LogP contribution in [0.4, 0.5) is 18.9 Å². The zero-order valence-electron chi connectivity index (χ0n) is 15.2. The number of halogens is 6. The number of nitrogens with zero attached hydrogens (tertiary/aromatic N) is 3. The molecule has 0 aliphatic heterocycles. The number of carbonyl (C=O) groups excluding carboxylic acids is 1. The molecule has 158 valence electrons. The third kappa shape index (κ3) is 4.26. The molecular weight excluding hydrogens is 520 g/mol. The SMILES string of the molecule is O=C(Nc1ccc(Cl)c(Cl)c1)c1nn2c(C(F)(F)F)cc(-c3ccccc3)nc2c1Br. The fraction of sp³-hybridized carbons (Fsp3) is 0.0500. The Hall–Kier alpha value is -2.62. The third-order valence-electron chi connectivity index (χ3n) is 4.29. The predicted molar refractivity (Wildman–Crippen MR) is 116 cm³/mol. The van der Waals surface area contributed by atoms with Gasteiger partial charge in [0.25, 0.3) is 5.91 Å². The fourth-order valence-corrected chi connectivity index (χ4v) is 3.67. The van der Waals surface area contributed by atoms with E-state index in [1.54, 1.807) is 30.3 Å². The highest BCUT2D eigenvalue weighted by Crippen LogP contribution is 2.35. The molecule has 5 nitrogen and oxygen atoms in total. The van der Waals surface area contributed by atoms with E-state index in [1.807, 2.05) is 0 Å². The van der Waals surface area contributed by atoms with Gasteiger partial charge in [-0.15, -0.1) is 0 Å². The molecule has 0 aliphatic rings. The van der Waals surface area contributed by atoms with Crippen LogP contribution < -0.4 is 5.32 Å². The summed E-state index contributed by atoms with van der Waals surface area (Å²) in [5.41, 5.74) is -0.590. The number of nitrogens with one attached hydrogen (secondary N) is 1. The normalized spacial score (nSPS) is 11.7. The predicted octanol–water partition coefficient (Wildman–Crippen LogP) is 6.74. The van der Waals surface area contributed by atoms with Crippen LogP contribution in [0.2, 0.25) is 10.0 Å². The van der Waals surface area contributed by atoms with Crippen molar-refractivity contribution in [1.82, 2.24) is 14.6 Å². The Kier molecular flexibility index (Phi) is 5.67. The van der Waals surface area contributed by atoms with E-state index in [1.165, 1.54) is 18.2 Å². The Labute approximate surface area is 191 Å². The smallest absolute Gasteiger partial charge is 0.321 e. The first-order valence-electron chi connectivity index (χ1n) is 8.63. The Morgan fingerprint density at radius 1 is 1.03 bits per heavy atom. The molecule has 0 saturated carbocycles. The number of fused-ring (bicyclic) bond motifs is 1. The van der Waals surface area contributed by atoms with Crippen molar-refractivity contribution in [2.45, 2.75) is 6.18 Å².